The van der Waals surface area contributed by atoms with Crippen LogP contribution in [0.4, 0.5) is 4.79 Å². The van der Waals surface area contributed by atoms with Gasteiger partial charge < -0.3 is 15.4 Å². The number of benzene rings is 1. The summed E-state index contributed by atoms with van der Waals surface area (Å²) in [7, 11) is 0. The van der Waals surface area contributed by atoms with E-state index >= 15 is 0 Å². The zero-order valence-electron chi connectivity index (χ0n) is 15.1. The third-order valence-corrected chi connectivity index (χ3v) is 5.27. The summed E-state index contributed by atoms with van der Waals surface area (Å²) in [5.41, 5.74) is 1.40. The minimum atomic E-state index is -0.0172. The molecular formula is C20H31N3O2. The lowest BCUT2D eigenvalue weighted by Gasteiger charge is -2.20. The predicted octanol–water partition coefficient (Wildman–Crippen LogP) is 2.42. The lowest BCUT2D eigenvalue weighted by molar-refractivity contribution is 0.141. The Hall–Kier alpha value is -1.59. The molecule has 5 nitrogen and oxygen atoms in total. The van der Waals surface area contributed by atoms with E-state index in [-0.39, 0.29) is 6.03 Å². The summed E-state index contributed by atoms with van der Waals surface area (Å²) in [6.45, 7) is 5.29. The van der Waals surface area contributed by atoms with Crippen LogP contribution in [0.25, 0.3) is 0 Å². The van der Waals surface area contributed by atoms with Crippen molar-refractivity contribution in [3.63, 3.8) is 0 Å². The molecule has 1 saturated carbocycles. The van der Waals surface area contributed by atoms with Crippen molar-refractivity contribution in [3.8, 4) is 0 Å². The highest BCUT2D eigenvalue weighted by Crippen LogP contribution is 2.28. The van der Waals surface area contributed by atoms with Crippen molar-refractivity contribution in [1.82, 2.24) is 15.5 Å². The van der Waals surface area contributed by atoms with E-state index in [4.69, 9.17) is 4.74 Å². The quantitative estimate of drug-likeness (QED) is 0.832. The fraction of sp³-hybridized carbons (Fsp3) is 0.650. The SMILES string of the molecule is O=C(NCCN1CCCOCC1)NC1CCC(Cc2ccccc2)C1. The van der Waals surface area contributed by atoms with Gasteiger partial charge in [-0.2, -0.15) is 0 Å². The van der Waals surface area contributed by atoms with Crippen LogP contribution < -0.4 is 10.6 Å². The van der Waals surface area contributed by atoms with Gasteiger partial charge >= 0.3 is 6.03 Å². The van der Waals surface area contributed by atoms with Gasteiger partial charge in [-0.25, -0.2) is 4.79 Å². The van der Waals surface area contributed by atoms with Gasteiger partial charge in [0.25, 0.3) is 0 Å². The Morgan fingerprint density at radius 1 is 1.16 bits per heavy atom. The molecular weight excluding hydrogens is 314 g/mol. The van der Waals surface area contributed by atoms with Crippen molar-refractivity contribution in [2.24, 2.45) is 5.92 Å². The van der Waals surface area contributed by atoms with Gasteiger partial charge in [-0.3, -0.25) is 4.90 Å². The summed E-state index contributed by atoms with van der Waals surface area (Å²) >= 11 is 0. The maximum absolute atomic E-state index is 12.1. The van der Waals surface area contributed by atoms with E-state index in [1.54, 1.807) is 0 Å². The van der Waals surface area contributed by atoms with Crippen molar-refractivity contribution < 1.29 is 9.53 Å². The Balaban J connectivity index is 1.30. The smallest absolute Gasteiger partial charge is 0.315 e. The molecule has 1 aliphatic heterocycles. The Morgan fingerprint density at radius 2 is 2.04 bits per heavy atom. The van der Waals surface area contributed by atoms with Gasteiger partial charge in [0.05, 0.1) is 6.61 Å². The topological polar surface area (TPSA) is 53.6 Å². The van der Waals surface area contributed by atoms with E-state index in [9.17, 15) is 4.79 Å². The summed E-state index contributed by atoms with van der Waals surface area (Å²) < 4.78 is 5.45. The summed E-state index contributed by atoms with van der Waals surface area (Å²) in [6.07, 6.45) is 5.59. The molecule has 0 aromatic heterocycles. The molecule has 1 aromatic carbocycles. The lowest BCUT2D eigenvalue weighted by atomic mass is 9.98. The van der Waals surface area contributed by atoms with Crippen LogP contribution in [0.2, 0.25) is 0 Å². The predicted molar refractivity (Wildman–Crippen MR) is 99.7 cm³/mol. The number of ether oxygens (including phenoxy) is 1. The number of urea groups is 1. The van der Waals surface area contributed by atoms with Gasteiger partial charge in [0.15, 0.2) is 0 Å². The normalized spacial score (nSPS) is 24.6. The van der Waals surface area contributed by atoms with Gasteiger partial charge in [0.1, 0.15) is 0 Å². The molecule has 1 aliphatic carbocycles. The maximum atomic E-state index is 12.1. The Bertz CT molecular complexity index is 515. The molecule has 25 heavy (non-hydrogen) atoms. The number of rotatable bonds is 6. The van der Waals surface area contributed by atoms with Gasteiger partial charge in [0, 0.05) is 38.8 Å². The number of nitrogens with one attached hydrogen (secondary N) is 2. The molecule has 2 unspecified atom stereocenters. The van der Waals surface area contributed by atoms with Crippen LogP contribution in [-0.2, 0) is 11.2 Å². The van der Waals surface area contributed by atoms with E-state index in [2.05, 4.69) is 45.9 Å². The molecule has 2 aliphatic rings. The molecule has 2 N–H and O–H groups in total. The van der Waals surface area contributed by atoms with Crippen LogP contribution >= 0.6 is 0 Å². The Labute approximate surface area is 151 Å². The second kappa shape index (κ2) is 9.78. The second-order valence-corrected chi connectivity index (χ2v) is 7.27. The number of carbonyl (C=O) groups excluding carboxylic acids is 1. The number of hydrogen-bond donors (Lipinski definition) is 2. The Morgan fingerprint density at radius 3 is 2.92 bits per heavy atom. The number of carbonyl (C=O) groups is 1. The van der Waals surface area contributed by atoms with Crippen molar-refractivity contribution in [2.45, 2.75) is 38.1 Å². The van der Waals surface area contributed by atoms with Gasteiger partial charge in [-0.1, -0.05) is 30.3 Å². The van der Waals surface area contributed by atoms with Crippen LogP contribution in [0.15, 0.2) is 30.3 Å². The first kappa shape index (κ1) is 18.2. The lowest BCUT2D eigenvalue weighted by Crippen LogP contribution is -2.44. The molecule has 3 rings (SSSR count). The van der Waals surface area contributed by atoms with E-state index in [0.717, 1.165) is 58.5 Å². The highest BCUT2D eigenvalue weighted by atomic mass is 16.5. The van der Waals surface area contributed by atoms with Crippen molar-refractivity contribution in [1.29, 1.82) is 0 Å². The van der Waals surface area contributed by atoms with Crippen LogP contribution in [0, 0.1) is 5.92 Å². The fourth-order valence-corrected chi connectivity index (χ4v) is 3.92. The largest absolute Gasteiger partial charge is 0.380 e. The monoisotopic (exact) mass is 345 g/mol. The van der Waals surface area contributed by atoms with E-state index < -0.39 is 0 Å². The minimum absolute atomic E-state index is 0.0172. The van der Waals surface area contributed by atoms with Crippen LogP contribution in [0.5, 0.6) is 0 Å². The average Bonchev–Trinajstić information content (AvgIpc) is 2.89. The molecule has 2 amide bonds. The zero-order chi connectivity index (χ0) is 17.3. The molecule has 5 heteroatoms. The second-order valence-electron chi connectivity index (χ2n) is 7.27. The van der Waals surface area contributed by atoms with E-state index in [1.165, 1.54) is 12.0 Å². The fourth-order valence-electron chi connectivity index (χ4n) is 3.92. The Kier molecular flexibility index (Phi) is 7.12. The number of amides is 2. The maximum Gasteiger partial charge on any atom is 0.315 e. The van der Waals surface area contributed by atoms with Crippen LogP contribution in [0.3, 0.4) is 0 Å². The van der Waals surface area contributed by atoms with Crippen LogP contribution in [0.1, 0.15) is 31.2 Å². The first-order valence-corrected chi connectivity index (χ1v) is 9.68. The van der Waals surface area contributed by atoms with Crippen molar-refractivity contribution in [2.75, 3.05) is 39.4 Å². The summed E-state index contributed by atoms with van der Waals surface area (Å²) in [5, 5.41) is 6.16. The van der Waals surface area contributed by atoms with E-state index in [1.807, 2.05) is 0 Å². The van der Waals surface area contributed by atoms with Crippen LogP contribution in [-0.4, -0.2) is 56.4 Å². The highest BCUT2D eigenvalue weighted by Gasteiger charge is 2.25. The third kappa shape index (κ3) is 6.33. The third-order valence-electron chi connectivity index (χ3n) is 5.27. The van der Waals surface area contributed by atoms with Crippen molar-refractivity contribution >= 4 is 6.03 Å². The van der Waals surface area contributed by atoms with Crippen molar-refractivity contribution in [3.05, 3.63) is 35.9 Å². The van der Waals surface area contributed by atoms with Gasteiger partial charge in [-0.15, -0.1) is 0 Å². The number of hydrogen-bond acceptors (Lipinski definition) is 3. The van der Waals surface area contributed by atoms with Gasteiger partial charge in [0.2, 0.25) is 0 Å². The van der Waals surface area contributed by atoms with Gasteiger partial charge in [-0.05, 0) is 43.6 Å². The molecule has 0 spiro atoms. The molecule has 1 aromatic rings. The first-order valence-electron chi connectivity index (χ1n) is 9.68. The average molecular weight is 345 g/mol. The highest BCUT2D eigenvalue weighted by molar-refractivity contribution is 5.74. The molecule has 1 heterocycles. The number of nitrogens with zero attached hydrogens (tertiary/aromatic N) is 1. The zero-order valence-corrected chi connectivity index (χ0v) is 15.1. The minimum Gasteiger partial charge on any atom is -0.380 e. The molecule has 138 valence electrons. The molecule has 0 radical (unpaired) electrons. The summed E-state index contributed by atoms with van der Waals surface area (Å²) in [5.74, 6) is 0.685. The first-order chi connectivity index (χ1) is 12.3. The molecule has 2 atom stereocenters. The summed E-state index contributed by atoms with van der Waals surface area (Å²) in [4.78, 5) is 14.5. The van der Waals surface area contributed by atoms with E-state index in [0.29, 0.717) is 18.5 Å². The molecule has 2 fully saturated rings. The molecule has 1 saturated heterocycles. The molecule has 0 bridgehead atoms. The summed E-state index contributed by atoms with van der Waals surface area (Å²) in [6, 6.07) is 11.0. The standard InChI is InChI=1S/C20H31N3O2/c24-20(21-9-11-23-10-4-13-25-14-12-23)22-19-8-7-18(16-19)15-17-5-2-1-3-6-17/h1-3,5-6,18-19H,4,7-16H2,(H2,21,22,24).